The van der Waals surface area contributed by atoms with Gasteiger partial charge in [-0.3, -0.25) is 9.59 Å². The Balaban J connectivity index is 1.53. The lowest BCUT2D eigenvalue weighted by Crippen LogP contribution is -2.46. The lowest BCUT2D eigenvalue weighted by atomic mass is 9.91. The Labute approximate surface area is 143 Å². The molecule has 3 rings (SSSR count). The van der Waals surface area contributed by atoms with Crippen LogP contribution in [0.5, 0.6) is 0 Å². The molecule has 2 amide bonds. The molecule has 0 saturated carbocycles. The predicted molar refractivity (Wildman–Crippen MR) is 94.0 cm³/mol. The highest BCUT2D eigenvalue weighted by Crippen LogP contribution is 2.23. The van der Waals surface area contributed by atoms with Crippen molar-refractivity contribution in [3.63, 3.8) is 0 Å². The van der Waals surface area contributed by atoms with Gasteiger partial charge in [0, 0.05) is 38.2 Å². The van der Waals surface area contributed by atoms with Crippen molar-refractivity contribution in [2.75, 3.05) is 26.2 Å². The number of hydrogen-bond acceptors (Lipinski definition) is 3. The van der Waals surface area contributed by atoms with E-state index in [0.717, 1.165) is 44.6 Å². The minimum atomic E-state index is -0.00964. The standard InChI is InChI=1S/C19H27N3O2/c1-14(23)22-11-8-18(9-12-22)21-19(24)16-6-4-15(5-7-16)17-3-2-10-20-13-17/h4-7,17-18,20H,2-3,8-13H2,1H3,(H,21,24)/t17-/m1/s1. The molecule has 0 spiro atoms. The van der Waals surface area contributed by atoms with Crippen molar-refractivity contribution in [2.24, 2.45) is 0 Å². The summed E-state index contributed by atoms with van der Waals surface area (Å²) in [6.45, 7) is 5.20. The van der Waals surface area contributed by atoms with Gasteiger partial charge >= 0.3 is 0 Å². The fourth-order valence-corrected chi connectivity index (χ4v) is 3.65. The molecular formula is C19H27N3O2. The lowest BCUT2D eigenvalue weighted by molar-refractivity contribution is -0.129. The number of hydrogen-bond donors (Lipinski definition) is 2. The van der Waals surface area contributed by atoms with Crippen LogP contribution in [0, 0.1) is 0 Å². The topological polar surface area (TPSA) is 61.4 Å². The second kappa shape index (κ2) is 7.79. The molecule has 2 aliphatic rings. The maximum atomic E-state index is 12.4. The van der Waals surface area contributed by atoms with Gasteiger partial charge in [-0.15, -0.1) is 0 Å². The Morgan fingerprint density at radius 1 is 1.12 bits per heavy atom. The van der Waals surface area contributed by atoms with Gasteiger partial charge in [-0.05, 0) is 55.8 Å². The maximum Gasteiger partial charge on any atom is 0.251 e. The molecule has 2 aliphatic heterocycles. The van der Waals surface area contributed by atoms with Crippen molar-refractivity contribution in [2.45, 2.75) is 44.6 Å². The van der Waals surface area contributed by atoms with Crippen LogP contribution in [0.25, 0.3) is 0 Å². The number of carbonyl (C=O) groups is 2. The largest absolute Gasteiger partial charge is 0.349 e. The monoisotopic (exact) mass is 329 g/mol. The van der Waals surface area contributed by atoms with E-state index in [1.54, 1.807) is 6.92 Å². The fraction of sp³-hybridized carbons (Fsp3) is 0.579. The van der Waals surface area contributed by atoms with Gasteiger partial charge in [0.1, 0.15) is 0 Å². The number of nitrogens with zero attached hydrogens (tertiary/aromatic N) is 1. The van der Waals surface area contributed by atoms with Crippen LogP contribution in [0.1, 0.15) is 54.4 Å². The van der Waals surface area contributed by atoms with Crippen LogP contribution in [0.2, 0.25) is 0 Å². The minimum Gasteiger partial charge on any atom is -0.349 e. The van der Waals surface area contributed by atoms with Crippen molar-refractivity contribution in [3.05, 3.63) is 35.4 Å². The summed E-state index contributed by atoms with van der Waals surface area (Å²) in [7, 11) is 0. The second-order valence-electron chi connectivity index (χ2n) is 6.92. The van der Waals surface area contributed by atoms with Gasteiger partial charge in [-0.25, -0.2) is 0 Å². The van der Waals surface area contributed by atoms with Gasteiger partial charge in [0.05, 0.1) is 0 Å². The SMILES string of the molecule is CC(=O)N1CCC(NC(=O)c2ccc([C@@H]3CCCNC3)cc2)CC1. The number of piperidine rings is 2. The first-order valence-corrected chi connectivity index (χ1v) is 9.00. The Morgan fingerprint density at radius 3 is 2.42 bits per heavy atom. The average Bonchev–Trinajstić information content (AvgIpc) is 2.63. The van der Waals surface area contributed by atoms with E-state index in [9.17, 15) is 9.59 Å². The molecule has 1 aromatic rings. The van der Waals surface area contributed by atoms with Gasteiger partial charge in [0.2, 0.25) is 5.91 Å². The van der Waals surface area contributed by atoms with E-state index in [1.165, 1.54) is 18.4 Å². The minimum absolute atomic E-state index is 0.00964. The average molecular weight is 329 g/mol. The van der Waals surface area contributed by atoms with E-state index in [1.807, 2.05) is 17.0 Å². The molecule has 130 valence electrons. The Morgan fingerprint density at radius 2 is 1.83 bits per heavy atom. The molecule has 24 heavy (non-hydrogen) atoms. The summed E-state index contributed by atoms with van der Waals surface area (Å²) in [5.74, 6) is 0.670. The molecule has 0 unspecified atom stereocenters. The molecule has 2 fully saturated rings. The highest BCUT2D eigenvalue weighted by atomic mass is 16.2. The van der Waals surface area contributed by atoms with Crippen LogP contribution >= 0.6 is 0 Å². The molecule has 1 atom stereocenters. The van der Waals surface area contributed by atoms with Crippen molar-refractivity contribution in [1.29, 1.82) is 0 Å². The van der Waals surface area contributed by atoms with Gasteiger partial charge in [-0.1, -0.05) is 12.1 Å². The molecular weight excluding hydrogens is 302 g/mol. The summed E-state index contributed by atoms with van der Waals surface area (Å²) < 4.78 is 0. The first-order valence-electron chi connectivity index (χ1n) is 9.00. The van der Waals surface area contributed by atoms with Crippen LogP contribution in [0.3, 0.4) is 0 Å². The number of rotatable bonds is 3. The van der Waals surface area contributed by atoms with Crippen LogP contribution in [-0.4, -0.2) is 48.9 Å². The van der Waals surface area contributed by atoms with Crippen molar-refractivity contribution < 1.29 is 9.59 Å². The summed E-state index contributed by atoms with van der Waals surface area (Å²) in [6.07, 6.45) is 4.09. The van der Waals surface area contributed by atoms with Crippen LogP contribution < -0.4 is 10.6 Å². The van der Waals surface area contributed by atoms with E-state index in [2.05, 4.69) is 22.8 Å². The molecule has 5 nitrogen and oxygen atoms in total. The summed E-state index contributed by atoms with van der Waals surface area (Å²) >= 11 is 0. The molecule has 0 bridgehead atoms. The molecule has 2 heterocycles. The van der Waals surface area contributed by atoms with E-state index in [0.29, 0.717) is 5.92 Å². The normalized spacial score (nSPS) is 22.2. The van der Waals surface area contributed by atoms with Crippen molar-refractivity contribution in [3.8, 4) is 0 Å². The number of likely N-dealkylation sites (tertiary alicyclic amines) is 1. The first kappa shape index (κ1) is 17.0. The number of carbonyl (C=O) groups excluding carboxylic acids is 2. The van der Waals surface area contributed by atoms with Gasteiger partial charge in [0.25, 0.3) is 5.91 Å². The highest BCUT2D eigenvalue weighted by Gasteiger charge is 2.22. The smallest absolute Gasteiger partial charge is 0.251 e. The van der Waals surface area contributed by atoms with Crippen LogP contribution in [0.15, 0.2) is 24.3 Å². The maximum absolute atomic E-state index is 12.4. The quantitative estimate of drug-likeness (QED) is 0.890. The Hall–Kier alpha value is -1.88. The second-order valence-corrected chi connectivity index (χ2v) is 6.92. The van der Waals surface area contributed by atoms with Gasteiger partial charge in [-0.2, -0.15) is 0 Å². The highest BCUT2D eigenvalue weighted by molar-refractivity contribution is 5.94. The van der Waals surface area contributed by atoms with Crippen molar-refractivity contribution >= 4 is 11.8 Å². The Bertz CT molecular complexity index is 571. The third-order valence-corrected chi connectivity index (χ3v) is 5.22. The number of amides is 2. The van der Waals surface area contributed by atoms with E-state index in [4.69, 9.17) is 0 Å². The number of benzene rings is 1. The molecule has 0 aromatic heterocycles. The van der Waals surface area contributed by atoms with Crippen LogP contribution in [-0.2, 0) is 4.79 Å². The fourth-order valence-electron chi connectivity index (χ4n) is 3.65. The zero-order valence-electron chi connectivity index (χ0n) is 14.4. The first-order chi connectivity index (χ1) is 11.6. The third-order valence-electron chi connectivity index (χ3n) is 5.22. The van der Waals surface area contributed by atoms with Gasteiger partial charge < -0.3 is 15.5 Å². The summed E-state index contributed by atoms with van der Waals surface area (Å²) in [6, 6.07) is 8.21. The molecule has 5 heteroatoms. The van der Waals surface area contributed by atoms with Crippen molar-refractivity contribution in [1.82, 2.24) is 15.5 Å². The summed E-state index contributed by atoms with van der Waals surface area (Å²) in [5, 5.41) is 6.53. The molecule has 1 aromatic carbocycles. The van der Waals surface area contributed by atoms with Crippen LogP contribution in [0.4, 0.5) is 0 Å². The Kier molecular flexibility index (Phi) is 5.51. The van der Waals surface area contributed by atoms with Gasteiger partial charge in [0.15, 0.2) is 0 Å². The third kappa shape index (κ3) is 4.15. The summed E-state index contributed by atoms with van der Waals surface area (Å²) in [4.78, 5) is 25.6. The zero-order valence-corrected chi connectivity index (χ0v) is 14.4. The number of nitrogens with one attached hydrogen (secondary N) is 2. The molecule has 2 saturated heterocycles. The van der Waals surface area contributed by atoms with E-state index >= 15 is 0 Å². The molecule has 2 N–H and O–H groups in total. The molecule has 0 radical (unpaired) electrons. The lowest BCUT2D eigenvalue weighted by Gasteiger charge is -2.31. The molecule has 0 aliphatic carbocycles. The van der Waals surface area contributed by atoms with E-state index < -0.39 is 0 Å². The van der Waals surface area contributed by atoms with E-state index in [-0.39, 0.29) is 17.9 Å². The summed E-state index contributed by atoms with van der Waals surface area (Å²) in [5.41, 5.74) is 2.03. The predicted octanol–water partition coefficient (Wildman–Crippen LogP) is 1.89. The zero-order chi connectivity index (χ0) is 16.9.